The lowest BCUT2D eigenvalue weighted by Gasteiger charge is -2.13. The molecule has 4 nitrogen and oxygen atoms in total. The van der Waals surface area contributed by atoms with Crippen LogP contribution in [0.25, 0.3) is 0 Å². The Hall–Kier alpha value is -1.55. The van der Waals surface area contributed by atoms with E-state index in [1.807, 2.05) is 13.0 Å². The Morgan fingerprint density at radius 3 is 2.83 bits per heavy atom. The Kier molecular flexibility index (Phi) is 3.87. The molecule has 1 N–H and O–H groups in total. The van der Waals surface area contributed by atoms with Crippen molar-refractivity contribution in [2.24, 2.45) is 0 Å². The molecule has 1 atom stereocenters. The van der Waals surface area contributed by atoms with Gasteiger partial charge in [0.1, 0.15) is 6.04 Å². The van der Waals surface area contributed by atoms with Crippen LogP contribution in [0.2, 0.25) is 5.02 Å². The molecular formula is C13H15ClN2O2. The third-order valence-corrected chi connectivity index (χ3v) is 3.15. The molecule has 0 aliphatic carbocycles. The number of halogens is 1. The zero-order chi connectivity index (χ0) is 13.1. The maximum absolute atomic E-state index is 12.0. The molecule has 5 heteroatoms. The lowest BCUT2D eigenvalue weighted by Crippen LogP contribution is -2.30. The predicted molar refractivity (Wildman–Crippen MR) is 69.2 cm³/mol. The fraction of sp³-hybridized carbons (Fsp3) is 0.385. The van der Waals surface area contributed by atoms with E-state index in [1.54, 1.807) is 18.2 Å². The van der Waals surface area contributed by atoms with E-state index in [0.29, 0.717) is 11.4 Å². The number of hydrogen-bond donors (Lipinski definition) is 1. The Balaban J connectivity index is 2.10. The van der Waals surface area contributed by atoms with Crippen molar-refractivity contribution in [3.8, 4) is 0 Å². The minimum Gasteiger partial charge on any atom is -0.326 e. The van der Waals surface area contributed by atoms with E-state index in [2.05, 4.69) is 5.32 Å². The van der Waals surface area contributed by atoms with Crippen LogP contribution >= 0.6 is 11.6 Å². The molecule has 1 heterocycles. The summed E-state index contributed by atoms with van der Waals surface area (Å²) >= 11 is 5.88. The molecule has 0 unspecified atom stereocenters. The van der Waals surface area contributed by atoms with Crippen LogP contribution in [-0.2, 0) is 11.3 Å². The van der Waals surface area contributed by atoms with Crippen molar-refractivity contribution < 1.29 is 9.59 Å². The van der Waals surface area contributed by atoms with Gasteiger partial charge in [-0.25, -0.2) is 4.79 Å². The fourth-order valence-electron chi connectivity index (χ4n) is 2.03. The summed E-state index contributed by atoms with van der Waals surface area (Å²) in [7, 11) is 0. The van der Waals surface area contributed by atoms with Crippen molar-refractivity contribution in [3.63, 3.8) is 0 Å². The molecule has 96 valence electrons. The van der Waals surface area contributed by atoms with E-state index in [9.17, 15) is 9.59 Å². The highest BCUT2D eigenvalue weighted by atomic mass is 35.5. The Morgan fingerprint density at radius 2 is 2.17 bits per heavy atom. The van der Waals surface area contributed by atoms with Crippen molar-refractivity contribution in [3.05, 3.63) is 34.9 Å². The molecule has 1 aromatic rings. The molecule has 2 rings (SSSR count). The van der Waals surface area contributed by atoms with Gasteiger partial charge < -0.3 is 5.32 Å². The number of benzene rings is 1. The first-order chi connectivity index (χ1) is 8.61. The highest BCUT2D eigenvalue weighted by Crippen LogP contribution is 2.17. The monoisotopic (exact) mass is 266 g/mol. The second-order valence-electron chi connectivity index (χ2n) is 4.35. The van der Waals surface area contributed by atoms with Crippen LogP contribution in [0.5, 0.6) is 0 Å². The van der Waals surface area contributed by atoms with Crippen LogP contribution in [0.4, 0.5) is 4.79 Å². The normalized spacial score (nSPS) is 19.2. The first-order valence-electron chi connectivity index (χ1n) is 5.98. The van der Waals surface area contributed by atoms with Crippen LogP contribution in [0.1, 0.15) is 25.3 Å². The minimum atomic E-state index is -0.373. The van der Waals surface area contributed by atoms with Crippen LogP contribution in [0, 0.1) is 0 Å². The number of nitrogens with one attached hydrogen (secondary N) is 1. The second-order valence-corrected chi connectivity index (χ2v) is 4.78. The molecule has 1 aliphatic rings. The third kappa shape index (κ3) is 2.64. The minimum absolute atomic E-state index is 0.151. The Bertz CT molecular complexity index is 476. The van der Waals surface area contributed by atoms with Crippen molar-refractivity contribution in [2.45, 2.75) is 32.4 Å². The van der Waals surface area contributed by atoms with Gasteiger partial charge >= 0.3 is 6.03 Å². The number of rotatable bonds is 4. The van der Waals surface area contributed by atoms with Gasteiger partial charge in [-0.1, -0.05) is 37.1 Å². The van der Waals surface area contributed by atoms with Gasteiger partial charge in [0.05, 0.1) is 6.54 Å². The quantitative estimate of drug-likeness (QED) is 0.852. The highest BCUT2D eigenvalue weighted by molar-refractivity contribution is 6.30. The van der Waals surface area contributed by atoms with Gasteiger partial charge in [0, 0.05) is 5.02 Å². The summed E-state index contributed by atoms with van der Waals surface area (Å²) in [5, 5.41) is 3.30. The Labute approximate surface area is 111 Å². The zero-order valence-corrected chi connectivity index (χ0v) is 10.9. The summed E-state index contributed by atoms with van der Waals surface area (Å²) in [6.07, 6.45) is 1.54. The van der Waals surface area contributed by atoms with Gasteiger partial charge in [0.15, 0.2) is 0 Å². The average molecular weight is 267 g/mol. The largest absolute Gasteiger partial charge is 0.326 e. The standard InChI is InChI=1S/C13H15ClN2O2/c1-2-4-11-12(17)16(13(18)15-11)8-9-5-3-6-10(14)7-9/h3,5-7,11H,2,4,8H2,1H3,(H,15,18)/t11-/m1/s1. The van der Waals surface area contributed by atoms with Gasteiger partial charge in [0.25, 0.3) is 5.91 Å². The molecule has 1 fully saturated rings. The maximum Gasteiger partial charge on any atom is 0.325 e. The molecule has 18 heavy (non-hydrogen) atoms. The van der Waals surface area contributed by atoms with E-state index in [4.69, 9.17) is 11.6 Å². The van der Waals surface area contributed by atoms with Gasteiger partial charge in [-0.2, -0.15) is 0 Å². The lowest BCUT2D eigenvalue weighted by molar-refractivity contribution is -0.128. The number of carbonyl (C=O) groups is 2. The molecular weight excluding hydrogens is 252 g/mol. The second kappa shape index (κ2) is 5.40. The molecule has 0 aromatic heterocycles. The summed E-state index contributed by atoms with van der Waals surface area (Å²) in [5.74, 6) is -0.151. The van der Waals surface area contributed by atoms with E-state index < -0.39 is 0 Å². The third-order valence-electron chi connectivity index (χ3n) is 2.91. The lowest BCUT2D eigenvalue weighted by atomic mass is 10.1. The van der Waals surface area contributed by atoms with Gasteiger partial charge in [-0.3, -0.25) is 9.69 Å². The zero-order valence-electron chi connectivity index (χ0n) is 10.1. The van der Waals surface area contributed by atoms with E-state index in [1.165, 1.54) is 4.90 Å². The summed E-state index contributed by atoms with van der Waals surface area (Å²) in [5.41, 5.74) is 0.850. The van der Waals surface area contributed by atoms with E-state index >= 15 is 0 Å². The number of nitrogens with zero attached hydrogens (tertiary/aromatic N) is 1. The maximum atomic E-state index is 12.0. The predicted octanol–water partition coefficient (Wildman–Crippen LogP) is 2.56. The van der Waals surface area contributed by atoms with Gasteiger partial charge in [-0.05, 0) is 24.1 Å². The molecule has 1 aromatic carbocycles. The molecule has 3 amide bonds. The fourth-order valence-corrected chi connectivity index (χ4v) is 2.24. The van der Waals surface area contributed by atoms with Gasteiger partial charge in [0.2, 0.25) is 0 Å². The molecule has 0 saturated carbocycles. The SMILES string of the molecule is CCC[C@H]1NC(=O)N(Cc2cccc(Cl)c2)C1=O. The van der Waals surface area contributed by atoms with E-state index in [-0.39, 0.29) is 24.5 Å². The molecule has 0 radical (unpaired) electrons. The molecule has 0 bridgehead atoms. The Morgan fingerprint density at radius 1 is 1.39 bits per heavy atom. The van der Waals surface area contributed by atoms with Crippen molar-refractivity contribution in [1.29, 1.82) is 0 Å². The van der Waals surface area contributed by atoms with Gasteiger partial charge in [-0.15, -0.1) is 0 Å². The number of urea groups is 1. The van der Waals surface area contributed by atoms with Crippen LogP contribution in [-0.4, -0.2) is 22.9 Å². The topological polar surface area (TPSA) is 49.4 Å². The first-order valence-corrected chi connectivity index (χ1v) is 6.36. The smallest absolute Gasteiger partial charge is 0.325 e. The van der Waals surface area contributed by atoms with Crippen LogP contribution in [0.15, 0.2) is 24.3 Å². The summed E-state index contributed by atoms with van der Waals surface area (Å²) < 4.78 is 0. The summed E-state index contributed by atoms with van der Waals surface area (Å²) in [4.78, 5) is 25.0. The van der Waals surface area contributed by atoms with Crippen molar-refractivity contribution >= 4 is 23.5 Å². The van der Waals surface area contributed by atoms with Crippen LogP contribution < -0.4 is 5.32 Å². The number of amides is 3. The number of hydrogen-bond acceptors (Lipinski definition) is 2. The van der Waals surface area contributed by atoms with E-state index in [0.717, 1.165) is 12.0 Å². The number of carbonyl (C=O) groups excluding carboxylic acids is 2. The van der Waals surface area contributed by atoms with Crippen molar-refractivity contribution in [1.82, 2.24) is 10.2 Å². The van der Waals surface area contributed by atoms with Crippen LogP contribution in [0.3, 0.4) is 0 Å². The number of imide groups is 1. The molecule has 0 spiro atoms. The summed E-state index contributed by atoms with van der Waals surface area (Å²) in [6, 6.07) is 6.48. The average Bonchev–Trinajstić information content (AvgIpc) is 2.58. The molecule has 1 saturated heterocycles. The van der Waals surface area contributed by atoms with Crippen molar-refractivity contribution in [2.75, 3.05) is 0 Å². The summed E-state index contributed by atoms with van der Waals surface area (Å²) in [6.45, 7) is 2.25. The first kappa shape index (κ1) is 12.9. The highest BCUT2D eigenvalue weighted by Gasteiger charge is 2.36. The molecule has 1 aliphatic heterocycles.